The van der Waals surface area contributed by atoms with Crippen LogP contribution in [0.4, 0.5) is 5.69 Å². The molecule has 3 aromatic rings. The van der Waals surface area contributed by atoms with Gasteiger partial charge in [-0.2, -0.15) is 0 Å². The normalized spacial score (nSPS) is 13.2. The van der Waals surface area contributed by atoms with E-state index >= 15 is 0 Å². The van der Waals surface area contributed by atoms with E-state index < -0.39 is 10.0 Å². The highest BCUT2D eigenvalue weighted by Gasteiger charge is 2.22. The maximum Gasteiger partial charge on any atom is 0.265 e. The molecule has 9 heteroatoms. The highest BCUT2D eigenvalue weighted by Crippen LogP contribution is 2.35. The second-order valence-corrected chi connectivity index (χ2v) is 7.36. The van der Waals surface area contributed by atoms with Gasteiger partial charge in [0.15, 0.2) is 17.3 Å². The lowest BCUT2D eigenvalue weighted by Crippen LogP contribution is -2.17. The fourth-order valence-electron chi connectivity index (χ4n) is 2.72. The standard InChI is InChI=1S/C18H16N2O6S/c1-23-17-10-12(14-6-7-19-26-14)2-5-18(17)27(21,22)20-13-3-4-15-16(11-13)25-9-8-24-15/h2-7,10-11,20H,8-9H2,1H3. The second-order valence-electron chi connectivity index (χ2n) is 5.71. The third-order valence-electron chi connectivity index (χ3n) is 3.97. The van der Waals surface area contributed by atoms with E-state index in [0.29, 0.717) is 41.7 Å². The molecular weight excluding hydrogens is 372 g/mol. The second kappa shape index (κ2) is 6.84. The van der Waals surface area contributed by atoms with E-state index in [1.54, 1.807) is 36.4 Å². The molecule has 0 aliphatic carbocycles. The Hall–Kier alpha value is -3.20. The van der Waals surface area contributed by atoms with Gasteiger partial charge in [-0.1, -0.05) is 5.16 Å². The van der Waals surface area contributed by atoms with Gasteiger partial charge in [0.05, 0.1) is 19.0 Å². The zero-order valence-corrected chi connectivity index (χ0v) is 15.2. The average molecular weight is 388 g/mol. The fraction of sp³-hybridized carbons (Fsp3) is 0.167. The molecule has 0 unspecified atom stereocenters. The Bertz CT molecular complexity index is 1060. The molecule has 0 saturated heterocycles. The summed E-state index contributed by atoms with van der Waals surface area (Å²) in [4.78, 5) is 0.00292. The van der Waals surface area contributed by atoms with Crippen LogP contribution >= 0.6 is 0 Å². The Morgan fingerprint density at radius 2 is 1.85 bits per heavy atom. The molecule has 0 fully saturated rings. The molecule has 27 heavy (non-hydrogen) atoms. The van der Waals surface area contributed by atoms with Crippen LogP contribution in [-0.2, 0) is 10.0 Å². The molecule has 0 amide bonds. The van der Waals surface area contributed by atoms with Gasteiger partial charge in [-0.25, -0.2) is 8.42 Å². The number of aromatic nitrogens is 1. The maximum absolute atomic E-state index is 12.8. The van der Waals surface area contributed by atoms with E-state index in [9.17, 15) is 8.42 Å². The zero-order valence-electron chi connectivity index (χ0n) is 14.3. The molecule has 1 N–H and O–H groups in total. The van der Waals surface area contributed by atoms with Crippen LogP contribution in [0.1, 0.15) is 0 Å². The molecule has 0 saturated carbocycles. The summed E-state index contributed by atoms with van der Waals surface area (Å²) < 4.78 is 49.5. The number of nitrogens with zero attached hydrogens (tertiary/aromatic N) is 1. The Morgan fingerprint density at radius 1 is 1.04 bits per heavy atom. The van der Waals surface area contributed by atoms with E-state index in [0.717, 1.165) is 0 Å². The Balaban J connectivity index is 1.65. The van der Waals surface area contributed by atoms with Crippen LogP contribution in [-0.4, -0.2) is 33.9 Å². The number of anilines is 1. The van der Waals surface area contributed by atoms with Crippen molar-refractivity contribution in [1.82, 2.24) is 5.16 Å². The summed E-state index contributed by atoms with van der Waals surface area (Å²) in [5, 5.41) is 3.65. The number of rotatable bonds is 5. The van der Waals surface area contributed by atoms with Crippen molar-refractivity contribution < 1.29 is 27.2 Å². The van der Waals surface area contributed by atoms with E-state index in [1.165, 1.54) is 19.4 Å². The smallest absolute Gasteiger partial charge is 0.265 e. The van der Waals surface area contributed by atoms with Gasteiger partial charge in [-0.05, 0) is 30.3 Å². The van der Waals surface area contributed by atoms with Crippen molar-refractivity contribution in [2.45, 2.75) is 4.90 Å². The Kier molecular flexibility index (Phi) is 4.36. The molecule has 0 spiro atoms. The first-order valence-corrected chi connectivity index (χ1v) is 9.57. The lowest BCUT2D eigenvalue weighted by molar-refractivity contribution is 0.171. The van der Waals surface area contributed by atoms with Gasteiger partial charge in [0.2, 0.25) is 0 Å². The van der Waals surface area contributed by atoms with Crippen molar-refractivity contribution in [3.05, 3.63) is 48.7 Å². The average Bonchev–Trinajstić information content (AvgIpc) is 3.22. The van der Waals surface area contributed by atoms with Gasteiger partial charge in [0, 0.05) is 17.7 Å². The minimum absolute atomic E-state index is 0.00292. The minimum atomic E-state index is -3.89. The molecule has 0 atom stereocenters. The van der Waals surface area contributed by atoms with Crippen LogP contribution in [0.3, 0.4) is 0 Å². The van der Waals surface area contributed by atoms with E-state index in [-0.39, 0.29) is 10.6 Å². The fourth-order valence-corrected chi connectivity index (χ4v) is 3.93. The van der Waals surface area contributed by atoms with Crippen LogP contribution in [0.5, 0.6) is 17.2 Å². The predicted molar refractivity (Wildman–Crippen MR) is 96.7 cm³/mol. The lowest BCUT2D eigenvalue weighted by Gasteiger charge is -2.19. The van der Waals surface area contributed by atoms with Crippen LogP contribution in [0, 0.1) is 0 Å². The summed E-state index contributed by atoms with van der Waals surface area (Å²) in [6.45, 7) is 0.882. The molecule has 1 aromatic heterocycles. The summed E-state index contributed by atoms with van der Waals surface area (Å²) in [6, 6.07) is 11.2. The van der Waals surface area contributed by atoms with Gasteiger partial charge < -0.3 is 18.7 Å². The van der Waals surface area contributed by atoms with Crippen molar-refractivity contribution >= 4 is 15.7 Å². The van der Waals surface area contributed by atoms with Gasteiger partial charge in [-0.3, -0.25) is 4.72 Å². The molecule has 2 heterocycles. The number of hydrogen-bond acceptors (Lipinski definition) is 7. The van der Waals surface area contributed by atoms with E-state index in [4.69, 9.17) is 18.7 Å². The number of ether oxygens (including phenoxy) is 3. The first-order valence-electron chi connectivity index (χ1n) is 8.08. The van der Waals surface area contributed by atoms with Crippen LogP contribution in [0.25, 0.3) is 11.3 Å². The molecule has 140 valence electrons. The van der Waals surface area contributed by atoms with Gasteiger partial charge in [0.1, 0.15) is 23.9 Å². The molecule has 0 bridgehead atoms. The Morgan fingerprint density at radius 3 is 2.59 bits per heavy atom. The molecule has 2 aromatic carbocycles. The first-order chi connectivity index (χ1) is 13.1. The number of hydrogen-bond donors (Lipinski definition) is 1. The van der Waals surface area contributed by atoms with Crippen LogP contribution in [0.2, 0.25) is 0 Å². The van der Waals surface area contributed by atoms with Crippen molar-refractivity contribution in [2.75, 3.05) is 25.0 Å². The third-order valence-corrected chi connectivity index (χ3v) is 5.39. The molecular formula is C18H16N2O6S. The molecule has 1 aliphatic heterocycles. The summed E-state index contributed by atoms with van der Waals surface area (Å²) in [5.41, 5.74) is 1.02. The largest absolute Gasteiger partial charge is 0.495 e. The van der Waals surface area contributed by atoms with E-state index in [1.807, 2.05) is 0 Å². The van der Waals surface area contributed by atoms with Crippen molar-refractivity contribution in [2.24, 2.45) is 0 Å². The summed E-state index contributed by atoms with van der Waals surface area (Å²) in [5.74, 6) is 1.78. The monoisotopic (exact) mass is 388 g/mol. The van der Waals surface area contributed by atoms with Gasteiger partial charge >= 0.3 is 0 Å². The molecule has 8 nitrogen and oxygen atoms in total. The highest BCUT2D eigenvalue weighted by molar-refractivity contribution is 7.92. The number of methoxy groups -OCH3 is 1. The SMILES string of the molecule is COc1cc(-c2ccno2)ccc1S(=O)(=O)Nc1ccc2c(c1)OCCO2. The minimum Gasteiger partial charge on any atom is -0.495 e. The van der Waals surface area contributed by atoms with Crippen molar-refractivity contribution in [3.63, 3.8) is 0 Å². The Labute approximate surface area is 155 Å². The zero-order chi connectivity index (χ0) is 18.9. The molecule has 0 radical (unpaired) electrons. The van der Waals surface area contributed by atoms with Gasteiger partial charge in [-0.15, -0.1) is 0 Å². The summed E-state index contributed by atoms with van der Waals surface area (Å²) >= 11 is 0. The number of sulfonamides is 1. The van der Waals surface area contributed by atoms with Crippen molar-refractivity contribution in [1.29, 1.82) is 0 Å². The first kappa shape index (κ1) is 17.2. The lowest BCUT2D eigenvalue weighted by atomic mass is 10.1. The third kappa shape index (κ3) is 3.41. The summed E-state index contributed by atoms with van der Waals surface area (Å²) in [7, 11) is -2.48. The van der Waals surface area contributed by atoms with Crippen LogP contribution < -0.4 is 18.9 Å². The quantitative estimate of drug-likeness (QED) is 0.717. The topological polar surface area (TPSA) is 99.9 Å². The molecule has 4 rings (SSSR count). The number of fused-ring (bicyclic) bond motifs is 1. The number of nitrogens with one attached hydrogen (secondary N) is 1. The van der Waals surface area contributed by atoms with E-state index in [2.05, 4.69) is 9.88 Å². The number of benzene rings is 2. The highest BCUT2D eigenvalue weighted by atomic mass is 32.2. The predicted octanol–water partition coefficient (Wildman–Crippen LogP) is 2.92. The van der Waals surface area contributed by atoms with Crippen LogP contribution in [0.15, 0.2) is 58.1 Å². The maximum atomic E-state index is 12.8. The molecule has 1 aliphatic rings. The van der Waals surface area contributed by atoms with Gasteiger partial charge in [0.25, 0.3) is 10.0 Å². The van der Waals surface area contributed by atoms with Crippen molar-refractivity contribution in [3.8, 4) is 28.6 Å². The summed E-state index contributed by atoms with van der Waals surface area (Å²) in [6.07, 6.45) is 1.51.